The number of sulfone groups is 1. The van der Waals surface area contributed by atoms with Gasteiger partial charge in [0.05, 0.1) is 12.0 Å². The van der Waals surface area contributed by atoms with Gasteiger partial charge in [-0.1, -0.05) is 0 Å². The van der Waals surface area contributed by atoms with Crippen LogP contribution < -0.4 is 4.74 Å². The highest BCUT2D eigenvalue weighted by atomic mass is 32.2. The van der Waals surface area contributed by atoms with Crippen molar-refractivity contribution in [2.24, 2.45) is 0 Å². The smallest absolute Gasteiger partial charge is 0.453 e. The van der Waals surface area contributed by atoms with Crippen LogP contribution in [0.4, 0.5) is 30.7 Å². The van der Waals surface area contributed by atoms with Crippen LogP contribution in [0.2, 0.25) is 0 Å². The van der Waals surface area contributed by atoms with E-state index in [1.165, 1.54) is 0 Å². The molecule has 0 saturated heterocycles. The van der Waals surface area contributed by atoms with Crippen molar-refractivity contribution in [2.45, 2.75) is 24.2 Å². The fourth-order valence-corrected chi connectivity index (χ4v) is 3.57. The highest BCUT2D eigenvalue weighted by Gasteiger charge is 2.39. The molecule has 0 bridgehead atoms. The minimum Gasteiger partial charge on any atom is -0.467 e. The van der Waals surface area contributed by atoms with E-state index in [2.05, 4.69) is 14.8 Å². The molecular formula is C13H10F7N3O3S. The van der Waals surface area contributed by atoms with Crippen molar-refractivity contribution in [3.05, 3.63) is 29.3 Å². The lowest BCUT2D eigenvalue weighted by molar-refractivity contribution is -0.144. The Kier molecular flexibility index (Phi) is 5.16. The summed E-state index contributed by atoms with van der Waals surface area (Å²) in [6.07, 6.45) is -10.1. The number of alkyl halides is 6. The van der Waals surface area contributed by atoms with E-state index in [0.717, 1.165) is 14.0 Å². The molecule has 0 aliphatic heterocycles. The molecule has 0 unspecified atom stereocenters. The third kappa shape index (κ3) is 4.48. The molecule has 0 aliphatic rings. The van der Waals surface area contributed by atoms with Crippen LogP contribution in [0.1, 0.15) is 11.4 Å². The molecule has 2 rings (SSSR count). The number of methoxy groups -OCH3 is 1. The van der Waals surface area contributed by atoms with Gasteiger partial charge in [0.15, 0.2) is 15.6 Å². The Morgan fingerprint density at radius 3 is 2.22 bits per heavy atom. The maximum absolute atomic E-state index is 14.2. The number of nitrogens with zero attached hydrogens (tertiary/aromatic N) is 3. The van der Waals surface area contributed by atoms with Crippen LogP contribution in [0.25, 0.3) is 5.69 Å². The maximum Gasteiger partial charge on any atom is 0.453 e. The molecule has 1 heterocycles. The largest absolute Gasteiger partial charge is 0.467 e. The number of hydrogen-bond acceptors (Lipinski definition) is 5. The summed E-state index contributed by atoms with van der Waals surface area (Å²) in [7, 11) is -4.06. The summed E-state index contributed by atoms with van der Waals surface area (Å²) in [4.78, 5) is 2.09. The summed E-state index contributed by atoms with van der Waals surface area (Å²) >= 11 is 0. The number of aryl methyl sites for hydroxylation is 1. The van der Waals surface area contributed by atoms with Crippen molar-refractivity contribution < 1.29 is 43.9 Å². The van der Waals surface area contributed by atoms with Gasteiger partial charge in [-0.3, -0.25) is 0 Å². The van der Waals surface area contributed by atoms with Gasteiger partial charge in [-0.05, 0) is 24.6 Å². The Labute approximate surface area is 147 Å². The first-order valence-electron chi connectivity index (χ1n) is 6.84. The fourth-order valence-electron chi connectivity index (χ4n) is 2.14. The summed E-state index contributed by atoms with van der Waals surface area (Å²) in [5.41, 5.74) is -1.24. The lowest BCUT2D eigenvalue weighted by atomic mass is 10.2. The van der Waals surface area contributed by atoms with Crippen LogP contribution in [-0.4, -0.2) is 42.2 Å². The van der Waals surface area contributed by atoms with E-state index in [0.29, 0.717) is 12.1 Å². The summed E-state index contributed by atoms with van der Waals surface area (Å²) in [6, 6.07) is 0.167. The van der Waals surface area contributed by atoms with Gasteiger partial charge in [-0.2, -0.15) is 36.0 Å². The van der Waals surface area contributed by atoms with Crippen LogP contribution in [0.15, 0.2) is 17.0 Å². The first kappa shape index (κ1) is 20.9. The first-order valence-corrected chi connectivity index (χ1v) is 8.49. The number of hydrogen-bond donors (Lipinski definition) is 0. The van der Waals surface area contributed by atoms with E-state index in [9.17, 15) is 39.2 Å². The predicted molar refractivity (Wildman–Crippen MR) is 75.7 cm³/mol. The van der Waals surface area contributed by atoms with E-state index >= 15 is 0 Å². The molecule has 1 aromatic heterocycles. The number of aromatic nitrogens is 3. The third-order valence-corrected chi connectivity index (χ3v) is 4.99. The summed E-state index contributed by atoms with van der Waals surface area (Å²) in [6.45, 7) is 1.04. The second-order valence-corrected chi connectivity index (χ2v) is 7.23. The van der Waals surface area contributed by atoms with Gasteiger partial charge in [-0.15, -0.1) is 5.10 Å². The molecule has 0 fully saturated rings. The lowest BCUT2D eigenvalue weighted by Gasteiger charge is -2.13. The molecular weight excluding hydrogens is 411 g/mol. The van der Waals surface area contributed by atoms with Gasteiger partial charge in [0.1, 0.15) is 11.5 Å². The zero-order valence-corrected chi connectivity index (χ0v) is 14.3. The number of benzene rings is 1. The van der Waals surface area contributed by atoms with E-state index in [4.69, 9.17) is 0 Å². The van der Waals surface area contributed by atoms with Gasteiger partial charge in [-0.25, -0.2) is 12.8 Å². The molecule has 0 saturated carbocycles. The number of ether oxygens (including phenoxy) is 1. The molecule has 1 aromatic carbocycles. The molecule has 150 valence electrons. The van der Waals surface area contributed by atoms with E-state index < -0.39 is 56.2 Å². The summed E-state index contributed by atoms with van der Waals surface area (Å²) in [5.74, 6) is -5.18. The van der Waals surface area contributed by atoms with E-state index in [-0.39, 0.29) is 10.2 Å². The van der Waals surface area contributed by atoms with Crippen LogP contribution in [0, 0.1) is 12.7 Å². The molecule has 2 aromatic rings. The SMILES string of the molecule is COc1nc(C(F)(F)F)nn1-c1cc(S(=O)(=O)CC(F)(F)F)c(C)cc1F. The average Bonchev–Trinajstić information content (AvgIpc) is 2.88. The van der Waals surface area contributed by atoms with E-state index in [1.54, 1.807) is 0 Å². The number of halogens is 7. The van der Waals surface area contributed by atoms with Gasteiger partial charge >= 0.3 is 18.4 Å². The van der Waals surface area contributed by atoms with Crippen molar-refractivity contribution in [1.29, 1.82) is 0 Å². The van der Waals surface area contributed by atoms with Gasteiger partial charge in [0.25, 0.3) is 5.82 Å². The fraction of sp³-hybridized carbons (Fsp3) is 0.385. The highest BCUT2D eigenvalue weighted by molar-refractivity contribution is 7.91. The first-order chi connectivity index (χ1) is 12.2. The Hall–Kier alpha value is -2.38. The molecule has 0 radical (unpaired) electrons. The molecule has 0 spiro atoms. The van der Waals surface area contributed by atoms with Crippen LogP contribution in [0.3, 0.4) is 0 Å². The quantitative estimate of drug-likeness (QED) is 0.561. The summed E-state index contributed by atoms with van der Waals surface area (Å²) in [5, 5.41) is 3.01. The van der Waals surface area contributed by atoms with Crippen LogP contribution in [0.5, 0.6) is 6.01 Å². The van der Waals surface area contributed by atoms with Gasteiger partial charge in [0.2, 0.25) is 0 Å². The second-order valence-electron chi connectivity index (χ2n) is 5.28. The normalized spacial score (nSPS) is 13.1. The molecule has 0 aliphatic carbocycles. The zero-order valence-electron chi connectivity index (χ0n) is 13.5. The molecule has 27 heavy (non-hydrogen) atoms. The van der Waals surface area contributed by atoms with Gasteiger partial charge < -0.3 is 4.74 Å². The Bertz CT molecular complexity index is 965. The molecule has 0 amide bonds. The Morgan fingerprint density at radius 1 is 1.15 bits per heavy atom. The van der Waals surface area contributed by atoms with Crippen LogP contribution in [-0.2, 0) is 16.0 Å². The minimum absolute atomic E-state index is 0.213. The molecule has 14 heteroatoms. The summed E-state index contributed by atoms with van der Waals surface area (Å²) < 4.78 is 119. The predicted octanol–water partition coefficient (Wildman–Crippen LogP) is 3.08. The molecule has 6 nitrogen and oxygen atoms in total. The number of rotatable bonds is 4. The van der Waals surface area contributed by atoms with Crippen molar-refractivity contribution in [1.82, 2.24) is 14.8 Å². The van der Waals surface area contributed by atoms with Crippen molar-refractivity contribution in [2.75, 3.05) is 12.9 Å². The average molecular weight is 421 g/mol. The maximum atomic E-state index is 14.2. The van der Waals surface area contributed by atoms with Crippen molar-refractivity contribution >= 4 is 9.84 Å². The second kappa shape index (κ2) is 6.65. The monoisotopic (exact) mass is 421 g/mol. The molecule has 0 atom stereocenters. The van der Waals surface area contributed by atoms with Crippen molar-refractivity contribution in [3.8, 4) is 11.7 Å². The standard InChI is InChI=1S/C13H10F7N3O3S/c1-6-3-7(14)8(4-9(6)27(24,25)5-12(15,16)17)23-11(26-2)21-10(22-23)13(18,19)20/h3-4H,5H2,1-2H3. The van der Waals surface area contributed by atoms with E-state index in [1.807, 2.05) is 0 Å². The Balaban J connectivity index is 2.69. The topological polar surface area (TPSA) is 74.1 Å². The highest BCUT2D eigenvalue weighted by Crippen LogP contribution is 2.32. The minimum atomic E-state index is -5.08. The Morgan fingerprint density at radius 2 is 1.74 bits per heavy atom. The van der Waals surface area contributed by atoms with Gasteiger partial charge in [0, 0.05) is 0 Å². The third-order valence-electron chi connectivity index (χ3n) is 3.17. The van der Waals surface area contributed by atoms with Crippen LogP contribution >= 0.6 is 0 Å². The molecule has 0 N–H and O–H groups in total. The zero-order chi connectivity index (χ0) is 20.8. The lowest BCUT2D eigenvalue weighted by Crippen LogP contribution is -2.23. The van der Waals surface area contributed by atoms with Crippen molar-refractivity contribution in [3.63, 3.8) is 0 Å².